The fraction of sp³-hybridized carbons (Fsp3) is 0.333. The molecule has 1 heterocycles. The smallest absolute Gasteiger partial charge is 0.257 e. The average molecular weight is 435 g/mol. The van der Waals surface area contributed by atoms with Crippen LogP contribution >= 0.6 is 0 Å². The first kappa shape index (κ1) is 23.5. The van der Waals surface area contributed by atoms with E-state index in [-0.39, 0.29) is 22.6 Å². The molecule has 5 heteroatoms. The summed E-state index contributed by atoms with van der Waals surface area (Å²) in [5.74, 6) is -1.07. The molecule has 1 saturated heterocycles. The Labute approximate surface area is 189 Å². The Kier molecular flexibility index (Phi) is 6.97. The fourth-order valence-corrected chi connectivity index (χ4v) is 4.01. The van der Waals surface area contributed by atoms with Gasteiger partial charge in [0.05, 0.1) is 5.56 Å². The zero-order valence-electron chi connectivity index (χ0n) is 19.4. The highest BCUT2D eigenvalue weighted by Gasteiger charge is 2.49. The van der Waals surface area contributed by atoms with E-state index in [2.05, 4.69) is 62.2 Å². The van der Waals surface area contributed by atoms with Gasteiger partial charge in [-0.2, -0.15) is 0 Å². The summed E-state index contributed by atoms with van der Waals surface area (Å²) in [4.78, 5) is 18.1. The highest BCUT2D eigenvalue weighted by Crippen LogP contribution is 2.49. The van der Waals surface area contributed by atoms with Gasteiger partial charge in [0.1, 0.15) is 11.6 Å². The Hall–Kier alpha value is -3.21. The second-order valence-electron chi connectivity index (χ2n) is 8.81. The summed E-state index contributed by atoms with van der Waals surface area (Å²) in [6.45, 7) is 9.46. The van der Waals surface area contributed by atoms with Crippen molar-refractivity contribution in [3.05, 3.63) is 88.3 Å². The number of aryl methyl sites for hydroxylation is 2. The summed E-state index contributed by atoms with van der Waals surface area (Å²) in [7, 11) is 1.77. The molecular formula is C27H31FN2O2. The van der Waals surface area contributed by atoms with Gasteiger partial charge in [-0.15, -0.1) is 0 Å². The van der Waals surface area contributed by atoms with Crippen LogP contribution < -0.4 is 0 Å². The highest BCUT2D eigenvalue weighted by molar-refractivity contribution is 5.96. The molecule has 1 aliphatic heterocycles. The van der Waals surface area contributed by atoms with Gasteiger partial charge in [0.25, 0.3) is 5.91 Å². The number of allylic oxidation sites excluding steroid dienone is 3. The number of carbonyl (C=O) groups excluding carboxylic acids is 1. The molecule has 2 aromatic rings. The molecule has 0 atom stereocenters. The van der Waals surface area contributed by atoms with Gasteiger partial charge in [-0.3, -0.25) is 9.79 Å². The van der Waals surface area contributed by atoms with Crippen LogP contribution in [0.25, 0.3) is 0 Å². The second-order valence-corrected chi connectivity index (χ2v) is 8.81. The monoisotopic (exact) mass is 434 g/mol. The molecule has 0 radical (unpaired) electrons. The zero-order chi connectivity index (χ0) is 23.5. The Morgan fingerprint density at radius 1 is 1.12 bits per heavy atom. The molecule has 4 rings (SSSR count). The van der Waals surface area contributed by atoms with Crippen LogP contribution in [0.15, 0.2) is 70.8 Å². The molecule has 4 nitrogen and oxygen atoms in total. The number of hydrogen-bond acceptors (Lipinski definition) is 3. The van der Waals surface area contributed by atoms with Gasteiger partial charge in [0.15, 0.2) is 0 Å². The molecule has 2 aromatic carbocycles. The lowest BCUT2D eigenvalue weighted by molar-refractivity contribution is 0.0203. The molecule has 1 aliphatic carbocycles. The zero-order valence-corrected chi connectivity index (χ0v) is 19.4. The van der Waals surface area contributed by atoms with E-state index < -0.39 is 5.82 Å². The Balaban J connectivity index is 0.000000305. The van der Waals surface area contributed by atoms with Crippen LogP contribution in [0.1, 0.15) is 41.8 Å². The van der Waals surface area contributed by atoms with Gasteiger partial charge in [0, 0.05) is 31.3 Å². The largest absolute Gasteiger partial charge is 0.508 e. The van der Waals surface area contributed by atoms with E-state index in [1.807, 2.05) is 6.92 Å². The SMILES string of the molecule is CN=C(C)/C=C(\C)C1=CC2(C1)CN(C(=O)c1cc(O)ccc1F)C2.Cc1ccccc1C. The van der Waals surface area contributed by atoms with Crippen molar-refractivity contribution in [2.24, 2.45) is 10.4 Å². The summed E-state index contributed by atoms with van der Waals surface area (Å²) >= 11 is 0. The summed E-state index contributed by atoms with van der Waals surface area (Å²) in [5, 5.41) is 9.44. The van der Waals surface area contributed by atoms with Gasteiger partial charge in [-0.05, 0) is 80.7 Å². The van der Waals surface area contributed by atoms with E-state index in [0.29, 0.717) is 13.1 Å². The average Bonchev–Trinajstić information content (AvgIpc) is 2.70. The van der Waals surface area contributed by atoms with Crippen molar-refractivity contribution < 1.29 is 14.3 Å². The normalized spacial score (nSPS) is 17.1. The highest BCUT2D eigenvalue weighted by atomic mass is 19.1. The maximum absolute atomic E-state index is 13.8. The Bertz CT molecular complexity index is 1090. The number of nitrogens with zero attached hydrogens (tertiary/aromatic N) is 2. The van der Waals surface area contributed by atoms with E-state index in [1.165, 1.54) is 34.4 Å². The van der Waals surface area contributed by atoms with Crippen molar-refractivity contribution in [1.82, 2.24) is 4.90 Å². The first-order chi connectivity index (χ1) is 15.1. The van der Waals surface area contributed by atoms with Crippen LogP contribution in [0.3, 0.4) is 0 Å². The molecule has 0 bridgehead atoms. The van der Waals surface area contributed by atoms with E-state index in [0.717, 1.165) is 18.2 Å². The third-order valence-electron chi connectivity index (χ3n) is 6.21. The number of carbonyl (C=O) groups is 1. The van der Waals surface area contributed by atoms with Crippen molar-refractivity contribution in [2.75, 3.05) is 20.1 Å². The van der Waals surface area contributed by atoms with Gasteiger partial charge in [-0.1, -0.05) is 30.3 Å². The molecule has 1 fully saturated rings. The molecular weight excluding hydrogens is 403 g/mol. The van der Waals surface area contributed by atoms with E-state index in [1.54, 1.807) is 11.9 Å². The maximum Gasteiger partial charge on any atom is 0.257 e. The third-order valence-corrected chi connectivity index (χ3v) is 6.21. The number of benzene rings is 2. The van der Waals surface area contributed by atoms with E-state index in [9.17, 15) is 14.3 Å². The molecule has 32 heavy (non-hydrogen) atoms. The van der Waals surface area contributed by atoms with Gasteiger partial charge >= 0.3 is 0 Å². The minimum atomic E-state index is -0.600. The predicted molar refractivity (Wildman–Crippen MR) is 128 cm³/mol. The van der Waals surface area contributed by atoms with Crippen LogP contribution in [-0.4, -0.2) is 41.8 Å². The molecule has 0 saturated carbocycles. The first-order valence-electron chi connectivity index (χ1n) is 10.8. The minimum Gasteiger partial charge on any atom is -0.508 e. The number of halogens is 1. The number of phenols is 1. The van der Waals surface area contributed by atoms with Gasteiger partial charge in [0.2, 0.25) is 0 Å². The number of aromatic hydroxyl groups is 1. The maximum atomic E-state index is 13.8. The van der Waals surface area contributed by atoms with Crippen molar-refractivity contribution in [2.45, 2.75) is 34.1 Å². The van der Waals surface area contributed by atoms with Crippen LogP contribution in [0.4, 0.5) is 4.39 Å². The first-order valence-corrected chi connectivity index (χ1v) is 10.8. The number of rotatable bonds is 3. The molecule has 1 spiro atoms. The lowest BCUT2D eigenvalue weighted by atomic mass is 9.64. The predicted octanol–water partition coefficient (Wildman–Crippen LogP) is 5.64. The van der Waals surface area contributed by atoms with E-state index >= 15 is 0 Å². The molecule has 0 aromatic heterocycles. The molecule has 1 N–H and O–H groups in total. The number of hydrogen-bond donors (Lipinski definition) is 1. The molecule has 2 aliphatic rings. The van der Waals surface area contributed by atoms with Crippen LogP contribution in [0, 0.1) is 25.1 Å². The molecule has 1 amide bonds. The minimum absolute atomic E-state index is 0.0324. The van der Waals surface area contributed by atoms with Crippen LogP contribution in [0.2, 0.25) is 0 Å². The summed E-state index contributed by atoms with van der Waals surface area (Å²) < 4.78 is 13.8. The number of aliphatic imine (C=N–C) groups is 1. The summed E-state index contributed by atoms with van der Waals surface area (Å²) in [6, 6.07) is 11.9. The van der Waals surface area contributed by atoms with Crippen molar-refractivity contribution in [3.8, 4) is 5.75 Å². The van der Waals surface area contributed by atoms with Crippen molar-refractivity contribution >= 4 is 11.6 Å². The topological polar surface area (TPSA) is 52.9 Å². The lowest BCUT2D eigenvalue weighted by Crippen LogP contribution is -2.60. The lowest BCUT2D eigenvalue weighted by Gasteiger charge is -2.54. The second kappa shape index (κ2) is 9.51. The van der Waals surface area contributed by atoms with Crippen LogP contribution in [0.5, 0.6) is 5.75 Å². The Morgan fingerprint density at radius 2 is 1.72 bits per heavy atom. The summed E-state index contributed by atoms with van der Waals surface area (Å²) in [5.41, 5.74) is 6.17. The molecule has 0 unspecified atom stereocenters. The van der Waals surface area contributed by atoms with Crippen LogP contribution in [-0.2, 0) is 0 Å². The Morgan fingerprint density at radius 3 is 2.25 bits per heavy atom. The quantitative estimate of drug-likeness (QED) is 0.635. The molecule has 168 valence electrons. The summed E-state index contributed by atoms with van der Waals surface area (Å²) in [6.07, 6.45) is 5.20. The fourth-order valence-electron chi connectivity index (χ4n) is 4.01. The van der Waals surface area contributed by atoms with Gasteiger partial charge < -0.3 is 10.0 Å². The van der Waals surface area contributed by atoms with Crippen molar-refractivity contribution in [3.63, 3.8) is 0 Å². The number of likely N-dealkylation sites (tertiary alicyclic amines) is 1. The third kappa shape index (κ3) is 5.16. The van der Waals surface area contributed by atoms with Crippen molar-refractivity contribution in [1.29, 1.82) is 0 Å². The van der Waals surface area contributed by atoms with Gasteiger partial charge in [-0.25, -0.2) is 4.39 Å². The number of phenolic OH excluding ortho intramolecular Hbond substituents is 1. The number of amides is 1. The van der Waals surface area contributed by atoms with E-state index in [4.69, 9.17) is 0 Å². The standard InChI is InChI=1S/C19H21FN2O2.C8H10/c1-12(6-13(2)21-3)14-8-19(9-14)10-22(11-19)18(24)16-7-15(23)4-5-17(16)20;1-7-5-3-4-6-8(7)2/h4-8,23H,9-11H2,1-3H3;3-6H,1-2H3/b12-6+,21-13?;.